The van der Waals surface area contributed by atoms with E-state index in [1.165, 1.54) is 10.8 Å². The van der Waals surface area contributed by atoms with Gasteiger partial charge in [0.05, 0.1) is 12.2 Å². The van der Waals surface area contributed by atoms with Gasteiger partial charge in [-0.05, 0) is 56.7 Å². The first-order valence-electron chi connectivity index (χ1n) is 7.15. The topological polar surface area (TPSA) is 47.1 Å². The van der Waals surface area contributed by atoms with Crippen molar-refractivity contribution in [1.82, 2.24) is 14.1 Å². The van der Waals surface area contributed by atoms with Crippen LogP contribution in [0.25, 0.3) is 11.1 Å². The van der Waals surface area contributed by atoms with Crippen LogP contribution in [0, 0.1) is 6.92 Å². The van der Waals surface area contributed by atoms with Crippen LogP contribution in [0.1, 0.15) is 5.69 Å². The molecule has 1 heterocycles. The first kappa shape index (κ1) is 18.0. The predicted octanol–water partition coefficient (Wildman–Crippen LogP) is 3.89. The highest BCUT2D eigenvalue weighted by molar-refractivity contribution is 7.97. The summed E-state index contributed by atoms with van der Waals surface area (Å²) >= 11 is 8.05. The van der Waals surface area contributed by atoms with E-state index in [2.05, 4.69) is 11.2 Å². The minimum atomic E-state index is -0.347. The Morgan fingerprint density at radius 1 is 1.48 bits per heavy atom. The van der Waals surface area contributed by atoms with Crippen molar-refractivity contribution in [2.75, 3.05) is 20.6 Å². The number of hydrogen-bond donors (Lipinski definition) is 1. The van der Waals surface area contributed by atoms with Crippen molar-refractivity contribution in [2.24, 2.45) is 5.73 Å². The second-order valence-electron chi connectivity index (χ2n) is 5.23. The van der Waals surface area contributed by atoms with E-state index in [4.69, 9.17) is 17.3 Å². The van der Waals surface area contributed by atoms with Crippen LogP contribution in [0.4, 0.5) is 4.39 Å². The second-order valence-corrected chi connectivity index (χ2v) is 6.97. The molecule has 1 aromatic heterocycles. The van der Waals surface area contributed by atoms with Crippen molar-refractivity contribution in [3.8, 4) is 11.1 Å². The Morgan fingerprint density at radius 2 is 2.22 bits per heavy atom. The molecule has 0 spiro atoms. The van der Waals surface area contributed by atoms with Gasteiger partial charge >= 0.3 is 0 Å². The highest BCUT2D eigenvalue weighted by atomic mass is 35.5. The third-order valence-electron chi connectivity index (χ3n) is 3.12. The molecule has 0 fully saturated rings. The van der Waals surface area contributed by atoms with E-state index in [1.807, 2.05) is 43.5 Å². The zero-order valence-electron chi connectivity index (χ0n) is 13.4. The van der Waals surface area contributed by atoms with Gasteiger partial charge in [-0.1, -0.05) is 23.7 Å². The van der Waals surface area contributed by atoms with E-state index >= 15 is 0 Å². The van der Waals surface area contributed by atoms with Crippen LogP contribution >= 0.6 is 23.5 Å². The van der Waals surface area contributed by atoms with Crippen LogP contribution < -0.4 is 5.73 Å². The van der Waals surface area contributed by atoms with Gasteiger partial charge < -0.3 is 5.73 Å². The molecule has 0 radical (unpaired) electrons. The highest BCUT2D eigenvalue weighted by Gasteiger charge is 2.16. The van der Waals surface area contributed by atoms with Gasteiger partial charge in [0.25, 0.3) is 0 Å². The van der Waals surface area contributed by atoms with Gasteiger partial charge in [-0.15, -0.1) is 0 Å². The largest absolute Gasteiger partial charge is 0.327 e. The Hall–Kier alpha value is -1.34. The van der Waals surface area contributed by atoms with Gasteiger partial charge in [0, 0.05) is 17.0 Å². The van der Waals surface area contributed by atoms with E-state index in [9.17, 15) is 4.39 Å². The third kappa shape index (κ3) is 4.57. The number of aromatic nitrogens is 2. The molecule has 0 aliphatic carbocycles. The minimum Gasteiger partial charge on any atom is -0.327 e. The van der Waals surface area contributed by atoms with Crippen LogP contribution in [-0.4, -0.2) is 34.7 Å². The molecule has 2 aromatic rings. The van der Waals surface area contributed by atoms with Crippen molar-refractivity contribution in [2.45, 2.75) is 18.4 Å². The Labute approximate surface area is 145 Å². The molecular weight excluding hydrogens is 335 g/mol. The fourth-order valence-electron chi connectivity index (χ4n) is 2.24. The lowest BCUT2D eigenvalue weighted by Crippen LogP contribution is -2.03. The number of nitrogens with zero attached hydrogens (tertiary/aromatic N) is 3. The number of aryl methyl sites for hydroxylation is 1. The standard InChI is InChI=1S/C16H20ClFN4S/c1-11-15(12-5-4-6-14(9-12)23-21(2)3)16(17)22(20-11)10-13(18)7-8-19/h4-7,9H,8,10,19H2,1-3H3/b13-7-. The normalized spacial score (nSPS) is 12.2. The summed E-state index contributed by atoms with van der Waals surface area (Å²) in [6.07, 6.45) is 1.32. The van der Waals surface area contributed by atoms with Gasteiger partial charge in [-0.2, -0.15) is 5.10 Å². The summed E-state index contributed by atoms with van der Waals surface area (Å²) in [7, 11) is 3.97. The summed E-state index contributed by atoms with van der Waals surface area (Å²) in [5.41, 5.74) is 7.88. The summed E-state index contributed by atoms with van der Waals surface area (Å²) < 4.78 is 17.1. The molecule has 0 bridgehead atoms. The van der Waals surface area contributed by atoms with E-state index in [0.717, 1.165) is 21.7 Å². The molecule has 0 saturated heterocycles. The molecule has 7 heteroatoms. The van der Waals surface area contributed by atoms with Crippen molar-refractivity contribution in [1.29, 1.82) is 0 Å². The van der Waals surface area contributed by atoms with Gasteiger partial charge in [0.1, 0.15) is 11.0 Å². The van der Waals surface area contributed by atoms with Crippen LogP contribution in [0.3, 0.4) is 0 Å². The van der Waals surface area contributed by atoms with E-state index in [0.29, 0.717) is 5.15 Å². The third-order valence-corrected chi connectivity index (χ3v) is 4.33. The molecule has 2 N–H and O–H groups in total. The lowest BCUT2D eigenvalue weighted by molar-refractivity contribution is 0.524. The maximum atomic E-state index is 13.7. The van der Waals surface area contributed by atoms with Gasteiger partial charge in [-0.3, -0.25) is 4.31 Å². The summed E-state index contributed by atoms with van der Waals surface area (Å²) in [6, 6.07) is 8.04. The number of hydrogen-bond acceptors (Lipinski definition) is 4. The van der Waals surface area contributed by atoms with Crippen LogP contribution in [0.5, 0.6) is 0 Å². The summed E-state index contributed by atoms with van der Waals surface area (Å²) in [6.45, 7) is 2.01. The van der Waals surface area contributed by atoms with E-state index in [1.54, 1.807) is 11.9 Å². The maximum absolute atomic E-state index is 13.7. The molecule has 0 aliphatic rings. The highest BCUT2D eigenvalue weighted by Crippen LogP contribution is 2.34. The molecule has 0 saturated carbocycles. The number of benzene rings is 1. The molecule has 0 atom stereocenters. The monoisotopic (exact) mass is 354 g/mol. The van der Waals surface area contributed by atoms with Crippen LogP contribution in [0.15, 0.2) is 41.1 Å². The van der Waals surface area contributed by atoms with Gasteiger partial charge in [0.15, 0.2) is 0 Å². The first-order chi connectivity index (χ1) is 10.9. The van der Waals surface area contributed by atoms with Crippen LogP contribution in [-0.2, 0) is 6.54 Å². The van der Waals surface area contributed by atoms with Gasteiger partial charge in [0.2, 0.25) is 0 Å². The predicted molar refractivity (Wildman–Crippen MR) is 95.2 cm³/mol. The average molecular weight is 355 g/mol. The quantitative estimate of drug-likeness (QED) is 0.799. The molecule has 2 rings (SSSR count). The summed E-state index contributed by atoms with van der Waals surface area (Å²) in [5, 5.41) is 4.77. The van der Waals surface area contributed by atoms with Crippen molar-refractivity contribution < 1.29 is 4.39 Å². The first-order valence-corrected chi connectivity index (χ1v) is 8.30. The Balaban J connectivity index is 2.37. The smallest absolute Gasteiger partial charge is 0.135 e. The molecule has 4 nitrogen and oxygen atoms in total. The molecular formula is C16H20ClFN4S. The Bertz CT molecular complexity index is 712. The second kappa shape index (κ2) is 7.97. The fraction of sp³-hybridized carbons (Fsp3) is 0.312. The van der Waals surface area contributed by atoms with E-state index < -0.39 is 0 Å². The van der Waals surface area contributed by atoms with E-state index in [-0.39, 0.29) is 18.9 Å². The lowest BCUT2D eigenvalue weighted by Gasteiger charge is -2.10. The number of halogens is 2. The molecule has 0 unspecified atom stereocenters. The molecule has 1 aromatic carbocycles. The lowest BCUT2D eigenvalue weighted by atomic mass is 10.1. The minimum absolute atomic E-state index is 0.0109. The Kier molecular flexibility index (Phi) is 6.24. The zero-order valence-corrected chi connectivity index (χ0v) is 15.0. The number of rotatable bonds is 6. The summed E-state index contributed by atoms with van der Waals surface area (Å²) in [5.74, 6) is -0.347. The van der Waals surface area contributed by atoms with Crippen molar-refractivity contribution >= 4 is 23.5 Å². The maximum Gasteiger partial charge on any atom is 0.135 e. The average Bonchev–Trinajstić information content (AvgIpc) is 2.73. The zero-order chi connectivity index (χ0) is 17.0. The molecule has 124 valence electrons. The number of nitrogens with two attached hydrogens (primary N) is 1. The fourth-order valence-corrected chi connectivity index (χ4v) is 3.32. The van der Waals surface area contributed by atoms with Gasteiger partial charge in [-0.25, -0.2) is 9.07 Å². The van der Waals surface area contributed by atoms with Crippen LogP contribution in [0.2, 0.25) is 5.15 Å². The summed E-state index contributed by atoms with van der Waals surface area (Å²) in [4.78, 5) is 1.10. The Morgan fingerprint density at radius 3 is 2.87 bits per heavy atom. The van der Waals surface area contributed by atoms with Crippen molar-refractivity contribution in [3.63, 3.8) is 0 Å². The molecule has 23 heavy (non-hydrogen) atoms. The SMILES string of the molecule is Cc1nn(C/C(F)=C/CN)c(Cl)c1-c1cccc(SN(C)C)c1. The molecule has 0 amide bonds. The molecule has 0 aliphatic heterocycles. The number of allylic oxidation sites excluding steroid dienone is 1. The van der Waals surface area contributed by atoms with Crippen molar-refractivity contribution in [3.05, 3.63) is 47.0 Å².